The van der Waals surface area contributed by atoms with Crippen LogP contribution in [0.5, 0.6) is 0 Å². The van der Waals surface area contributed by atoms with Crippen LogP contribution < -0.4 is 0 Å². The van der Waals surface area contributed by atoms with E-state index in [1.165, 1.54) is 11.1 Å². The zero-order valence-electron chi connectivity index (χ0n) is 12.2. The normalized spacial score (nSPS) is 11.0. The lowest BCUT2D eigenvalue weighted by molar-refractivity contribution is 0.174. The van der Waals surface area contributed by atoms with Crippen LogP contribution in [0.2, 0.25) is 0 Å². The lowest BCUT2D eigenvalue weighted by Gasteiger charge is -2.21. The number of nitrogens with zero attached hydrogens (tertiary/aromatic N) is 2. The van der Waals surface area contributed by atoms with E-state index in [9.17, 15) is 0 Å². The summed E-state index contributed by atoms with van der Waals surface area (Å²) < 4.78 is 0. The zero-order valence-corrected chi connectivity index (χ0v) is 12.2. The van der Waals surface area contributed by atoms with Crippen molar-refractivity contribution in [3.05, 3.63) is 54.4 Å². The van der Waals surface area contributed by atoms with Crippen molar-refractivity contribution in [1.82, 2.24) is 9.88 Å². The highest BCUT2D eigenvalue weighted by Crippen LogP contribution is 2.20. The third-order valence-corrected chi connectivity index (χ3v) is 3.40. The fourth-order valence-corrected chi connectivity index (χ4v) is 2.36. The summed E-state index contributed by atoms with van der Waals surface area (Å²) in [6.07, 6.45) is 4.31. The summed E-state index contributed by atoms with van der Waals surface area (Å²) in [6, 6.07) is 12.4. The minimum absolute atomic E-state index is 0.134. The summed E-state index contributed by atoms with van der Waals surface area (Å²) in [5.74, 6) is 0. The first-order valence-electron chi connectivity index (χ1n) is 7.27. The average Bonchev–Trinajstić information content (AvgIpc) is 2.54. The number of pyridine rings is 1. The van der Waals surface area contributed by atoms with Crippen molar-refractivity contribution in [1.29, 1.82) is 0 Å². The molecule has 0 saturated carbocycles. The molecule has 0 bridgehead atoms. The van der Waals surface area contributed by atoms with Crippen molar-refractivity contribution in [3.63, 3.8) is 0 Å². The topological polar surface area (TPSA) is 56.6 Å². The fraction of sp³-hybridized carbons (Fsp3) is 0.353. The van der Waals surface area contributed by atoms with Gasteiger partial charge in [0, 0.05) is 38.6 Å². The number of hydrogen-bond donors (Lipinski definition) is 2. The van der Waals surface area contributed by atoms with E-state index in [0.29, 0.717) is 6.54 Å². The largest absolute Gasteiger partial charge is 0.396 e. The van der Waals surface area contributed by atoms with Crippen molar-refractivity contribution < 1.29 is 10.2 Å². The predicted molar refractivity (Wildman–Crippen MR) is 83.7 cm³/mol. The van der Waals surface area contributed by atoms with Gasteiger partial charge in [-0.2, -0.15) is 0 Å². The predicted octanol–water partition coefficient (Wildman–Crippen LogP) is 1.93. The summed E-state index contributed by atoms with van der Waals surface area (Å²) in [5.41, 5.74) is 3.52. The van der Waals surface area contributed by atoms with Gasteiger partial charge in [0.25, 0.3) is 0 Å². The highest BCUT2D eigenvalue weighted by molar-refractivity contribution is 5.63. The second kappa shape index (κ2) is 8.52. The minimum atomic E-state index is 0.134. The van der Waals surface area contributed by atoms with Crippen molar-refractivity contribution in [2.45, 2.75) is 13.0 Å². The molecule has 4 nitrogen and oxygen atoms in total. The maximum atomic E-state index is 9.14. The van der Waals surface area contributed by atoms with Gasteiger partial charge in [-0.3, -0.25) is 9.88 Å². The van der Waals surface area contributed by atoms with E-state index in [4.69, 9.17) is 10.2 Å². The summed E-state index contributed by atoms with van der Waals surface area (Å²) in [6.45, 7) is 2.50. The van der Waals surface area contributed by atoms with E-state index >= 15 is 0 Å². The van der Waals surface area contributed by atoms with Crippen molar-refractivity contribution in [2.24, 2.45) is 0 Å². The van der Waals surface area contributed by atoms with E-state index < -0.39 is 0 Å². The molecule has 1 heterocycles. The van der Waals surface area contributed by atoms with Crippen molar-refractivity contribution in [3.8, 4) is 11.1 Å². The molecule has 0 saturated heterocycles. The first-order valence-corrected chi connectivity index (χ1v) is 7.27. The Bertz CT molecular complexity index is 531. The van der Waals surface area contributed by atoms with Gasteiger partial charge in [-0.05, 0) is 41.3 Å². The third-order valence-electron chi connectivity index (χ3n) is 3.40. The summed E-state index contributed by atoms with van der Waals surface area (Å²) in [7, 11) is 0. The first-order chi connectivity index (χ1) is 10.3. The molecule has 0 aliphatic carbocycles. The average molecular weight is 286 g/mol. The van der Waals surface area contributed by atoms with Gasteiger partial charge in [0.05, 0.1) is 6.61 Å². The molecule has 0 spiro atoms. The van der Waals surface area contributed by atoms with Gasteiger partial charge >= 0.3 is 0 Å². The molecule has 1 aromatic carbocycles. The number of aromatic nitrogens is 1. The van der Waals surface area contributed by atoms with Crippen LogP contribution in [0.4, 0.5) is 0 Å². The smallest absolute Gasteiger partial charge is 0.0558 e. The minimum Gasteiger partial charge on any atom is -0.396 e. The molecule has 2 N–H and O–H groups in total. The van der Waals surface area contributed by atoms with Gasteiger partial charge in [0.1, 0.15) is 0 Å². The zero-order chi connectivity index (χ0) is 14.9. The van der Waals surface area contributed by atoms with Crippen LogP contribution in [0.15, 0.2) is 48.8 Å². The van der Waals surface area contributed by atoms with Crippen LogP contribution in [0.3, 0.4) is 0 Å². The summed E-state index contributed by atoms with van der Waals surface area (Å²) >= 11 is 0. The molecule has 112 valence electrons. The molecule has 2 rings (SSSR count). The number of aliphatic hydroxyl groups is 2. The second-order valence-electron chi connectivity index (χ2n) is 5.01. The molecule has 0 atom stereocenters. The molecule has 2 aromatic rings. The van der Waals surface area contributed by atoms with Crippen LogP contribution in [0.25, 0.3) is 11.1 Å². The summed E-state index contributed by atoms with van der Waals surface area (Å²) in [4.78, 5) is 6.19. The van der Waals surface area contributed by atoms with E-state index in [-0.39, 0.29) is 13.2 Å². The molecule has 0 radical (unpaired) electrons. The third kappa shape index (κ3) is 4.93. The Hall–Kier alpha value is -1.75. The molecule has 1 aromatic heterocycles. The highest BCUT2D eigenvalue weighted by atomic mass is 16.3. The lowest BCUT2D eigenvalue weighted by atomic mass is 10.0. The Kier molecular flexibility index (Phi) is 6.34. The first kappa shape index (κ1) is 15.6. The van der Waals surface area contributed by atoms with E-state index in [0.717, 1.165) is 25.1 Å². The van der Waals surface area contributed by atoms with Gasteiger partial charge in [-0.25, -0.2) is 0 Å². The second-order valence-corrected chi connectivity index (χ2v) is 5.01. The van der Waals surface area contributed by atoms with Gasteiger partial charge in [-0.1, -0.05) is 18.2 Å². The summed E-state index contributed by atoms with van der Waals surface area (Å²) in [5, 5.41) is 18.1. The quantitative estimate of drug-likeness (QED) is 0.778. The molecule has 0 unspecified atom stereocenters. The molecule has 4 heteroatoms. The Labute approximate surface area is 125 Å². The molecule has 0 aliphatic rings. The SMILES string of the molecule is OCCCN(CCO)Cc1cccc(-c2ccncc2)c1. The van der Waals surface area contributed by atoms with E-state index in [1.807, 2.05) is 18.2 Å². The molecule has 0 aliphatic heterocycles. The fourth-order valence-electron chi connectivity index (χ4n) is 2.36. The standard InChI is InChI=1S/C17H22N2O2/c20-11-2-9-19(10-12-21)14-15-3-1-4-17(13-15)16-5-7-18-8-6-16/h1,3-8,13,20-21H,2,9-12,14H2. The number of hydrogen-bond acceptors (Lipinski definition) is 4. The lowest BCUT2D eigenvalue weighted by Crippen LogP contribution is -2.28. The molecular formula is C17H22N2O2. The number of rotatable bonds is 8. The number of benzene rings is 1. The Morgan fingerprint density at radius 1 is 0.905 bits per heavy atom. The van der Waals surface area contributed by atoms with Gasteiger partial charge in [0.2, 0.25) is 0 Å². The Balaban J connectivity index is 2.09. The van der Waals surface area contributed by atoms with Gasteiger partial charge in [0.15, 0.2) is 0 Å². The molecule has 21 heavy (non-hydrogen) atoms. The Morgan fingerprint density at radius 2 is 1.71 bits per heavy atom. The van der Waals surface area contributed by atoms with Crippen LogP contribution in [-0.4, -0.2) is 46.4 Å². The van der Waals surface area contributed by atoms with Crippen molar-refractivity contribution >= 4 is 0 Å². The maximum Gasteiger partial charge on any atom is 0.0558 e. The van der Waals surface area contributed by atoms with Gasteiger partial charge < -0.3 is 10.2 Å². The Morgan fingerprint density at radius 3 is 2.43 bits per heavy atom. The van der Waals surface area contributed by atoms with Crippen LogP contribution in [0.1, 0.15) is 12.0 Å². The monoisotopic (exact) mass is 286 g/mol. The van der Waals surface area contributed by atoms with Gasteiger partial charge in [-0.15, -0.1) is 0 Å². The molecule has 0 amide bonds. The van der Waals surface area contributed by atoms with E-state index in [2.05, 4.69) is 28.1 Å². The van der Waals surface area contributed by atoms with E-state index in [1.54, 1.807) is 12.4 Å². The number of aliphatic hydroxyl groups excluding tert-OH is 2. The van der Waals surface area contributed by atoms with Crippen molar-refractivity contribution in [2.75, 3.05) is 26.3 Å². The van der Waals surface area contributed by atoms with Crippen LogP contribution in [-0.2, 0) is 6.54 Å². The van der Waals surface area contributed by atoms with Crippen LogP contribution >= 0.6 is 0 Å². The molecule has 0 fully saturated rings. The highest BCUT2D eigenvalue weighted by Gasteiger charge is 2.06. The van der Waals surface area contributed by atoms with Crippen LogP contribution in [0, 0.1) is 0 Å². The molecular weight excluding hydrogens is 264 g/mol. The maximum absolute atomic E-state index is 9.14.